The Morgan fingerprint density at radius 3 is 2.68 bits per heavy atom. The van der Waals surface area contributed by atoms with Gasteiger partial charge in [0.2, 0.25) is 5.91 Å². The molecule has 0 unspecified atom stereocenters. The molecule has 0 saturated carbocycles. The molecule has 1 aliphatic rings. The van der Waals surface area contributed by atoms with E-state index in [9.17, 15) is 9.18 Å². The molecule has 22 heavy (non-hydrogen) atoms. The minimum atomic E-state index is -0.586. The van der Waals surface area contributed by atoms with E-state index >= 15 is 0 Å². The third kappa shape index (κ3) is 5.90. The van der Waals surface area contributed by atoms with Crippen LogP contribution in [0, 0.1) is 12.3 Å². The fourth-order valence-corrected chi connectivity index (χ4v) is 2.94. The van der Waals surface area contributed by atoms with Crippen LogP contribution in [0.3, 0.4) is 0 Å². The molecule has 0 aromatic rings. The van der Waals surface area contributed by atoms with Crippen molar-refractivity contribution in [2.24, 2.45) is 15.7 Å². The molecule has 120 valence electrons. The van der Waals surface area contributed by atoms with Crippen LogP contribution in [0.1, 0.15) is 26.2 Å². The zero-order chi connectivity index (χ0) is 16.5. The molecule has 2 N–H and O–H groups in total. The number of hydrogen-bond donors (Lipinski definition) is 1. The highest BCUT2D eigenvalue weighted by Crippen LogP contribution is 2.23. The molecule has 1 fully saturated rings. The van der Waals surface area contributed by atoms with Gasteiger partial charge in [0.05, 0.1) is 5.25 Å². The van der Waals surface area contributed by atoms with Gasteiger partial charge < -0.3 is 10.6 Å². The van der Waals surface area contributed by atoms with Crippen molar-refractivity contribution in [3.8, 4) is 12.3 Å². The van der Waals surface area contributed by atoms with Crippen LogP contribution in [0.4, 0.5) is 4.39 Å². The number of carbonyl (C=O) groups excluding carboxylic acids is 1. The van der Waals surface area contributed by atoms with Crippen molar-refractivity contribution < 1.29 is 9.18 Å². The van der Waals surface area contributed by atoms with Crippen LogP contribution in [-0.2, 0) is 4.79 Å². The lowest BCUT2D eigenvalue weighted by atomic mass is 10.1. The number of hydrogen-bond acceptors (Lipinski definition) is 4. The highest BCUT2D eigenvalue weighted by atomic mass is 32.2. The molecule has 7 heteroatoms. The van der Waals surface area contributed by atoms with Gasteiger partial charge in [-0.05, 0) is 12.8 Å². The first-order valence-corrected chi connectivity index (χ1v) is 7.89. The van der Waals surface area contributed by atoms with Crippen molar-refractivity contribution in [1.29, 1.82) is 0 Å². The second-order valence-corrected chi connectivity index (χ2v) is 6.05. The van der Waals surface area contributed by atoms with Crippen molar-refractivity contribution in [2.45, 2.75) is 31.4 Å². The maximum Gasteiger partial charge on any atom is 0.236 e. The van der Waals surface area contributed by atoms with Gasteiger partial charge in [-0.15, -0.1) is 6.42 Å². The van der Waals surface area contributed by atoms with Crippen molar-refractivity contribution in [3.05, 3.63) is 11.8 Å². The second kappa shape index (κ2) is 9.26. The first-order valence-electron chi connectivity index (χ1n) is 7.01. The first kappa shape index (κ1) is 18.2. The van der Waals surface area contributed by atoms with Crippen molar-refractivity contribution in [1.82, 2.24) is 4.90 Å². The fraction of sp³-hybridized carbons (Fsp3) is 0.533. The van der Waals surface area contributed by atoms with Crippen LogP contribution in [-0.4, -0.2) is 47.3 Å². The number of carbonyl (C=O) groups is 1. The third-order valence-corrected chi connectivity index (χ3v) is 4.24. The van der Waals surface area contributed by atoms with Gasteiger partial charge in [-0.2, -0.15) is 4.39 Å². The zero-order valence-corrected chi connectivity index (χ0v) is 13.7. The molecule has 1 saturated heterocycles. The summed E-state index contributed by atoms with van der Waals surface area (Å²) in [5, 5.41) is -0.154. The van der Waals surface area contributed by atoms with Crippen molar-refractivity contribution in [3.63, 3.8) is 0 Å². The Morgan fingerprint density at radius 1 is 1.55 bits per heavy atom. The fourth-order valence-electron chi connectivity index (χ4n) is 2.03. The summed E-state index contributed by atoms with van der Waals surface area (Å²) >= 11 is 1.18. The number of likely N-dealkylation sites (tertiary alicyclic amines) is 1. The van der Waals surface area contributed by atoms with Gasteiger partial charge >= 0.3 is 0 Å². The van der Waals surface area contributed by atoms with Gasteiger partial charge in [-0.1, -0.05) is 17.7 Å². The van der Waals surface area contributed by atoms with Crippen molar-refractivity contribution in [2.75, 3.05) is 20.1 Å². The number of allylic oxidation sites excluding steroid dienone is 1. The van der Waals surface area contributed by atoms with Gasteiger partial charge in [0.15, 0.2) is 11.1 Å². The summed E-state index contributed by atoms with van der Waals surface area (Å²) in [6.45, 7) is 2.72. The Hall–Kier alpha value is -1.81. The quantitative estimate of drug-likeness (QED) is 0.477. The van der Waals surface area contributed by atoms with E-state index in [1.807, 2.05) is 0 Å². The lowest BCUT2D eigenvalue weighted by molar-refractivity contribution is -0.129. The average Bonchev–Trinajstić information content (AvgIpc) is 3.03. The minimum absolute atomic E-state index is 0.0174. The molecule has 0 spiro atoms. The molecule has 5 nitrogen and oxygen atoms in total. The largest absolute Gasteiger partial charge is 0.379 e. The van der Waals surface area contributed by atoms with Gasteiger partial charge in [-0.3, -0.25) is 9.79 Å². The van der Waals surface area contributed by atoms with Gasteiger partial charge in [0.25, 0.3) is 0 Å². The van der Waals surface area contributed by atoms with E-state index in [1.165, 1.54) is 24.9 Å². The average molecular weight is 324 g/mol. The minimum Gasteiger partial charge on any atom is -0.379 e. The number of nitrogens with two attached hydrogens (primary N) is 1. The van der Waals surface area contributed by atoms with Crippen LogP contribution in [0.2, 0.25) is 0 Å². The normalized spacial score (nSPS) is 18.3. The number of amides is 1. The molecule has 0 aliphatic carbocycles. The van der Waals surface area contributed by atoms with E-state index in [2.05, 4.69) is 15.9 Å². The standard InChI is InChI=1S/C15H21FN4OS/c1-4-12(10-19-11(2)16)9-13(22-15(17)18-3)14(21)20-7-5-6-8-20/h1,10,13H,5-9H2,2-3H3,(H2,17,18)/b12-10-,19-11?/t13-/m0/s1. The Bertz CT molecular complexity index is 526. The summed E-state index contributed by atoms with van der Waals surface area (Å²) in [5.41, 5.74) is 6.18. The summed E-state index contributed by atoms with van der Waals surface area (Å²) < 4.78 is 12.7. The monoisotopic (exact) mass is 324 g/mol. The first-order chi connectivity index (χ1) is 10.5. The summed E-state index contributed by atoms with van der Waals surface area (Å²) in [7, 11) is 1.56. The van der Waals surface area contributed by atoms with E-state index in [-0.39, 0.29) is 12.3 Å². The van der Waals surface area contributed by atoms with E-state index in [0.29, 0.717) is 10.7 Å². The number of rotatable bonds is 5. The van der Waals surface area contributed by atoms with Gasteiger partial charge in [-0.25, -0.2) is 4.99 Å². The Kier molecular flexibility index (Phi) is 7.67. The number of aliphatic imine (C=N–C) groups is 2. The molecule has 1 heterocycles. The molecule has 1 atom stereocenters. The van der Waals surface area contributed by atoms with Crippen LogP contribution in [0.5, 0.6) is 0 Å². The molecule has 1 amide bonds. The Labute approximate surface area is 134 Å². The molecular formula is C15H21FN4OS. The number of amidine groups is 1. The smallest absolute Gasteiger partial charge is 0.236 e. The van der Waals surface area contributed by atoms with E-state index in [4.69, 9.17) is 12.2 Å². The maximum atomic E-state index is 12.7. The number of nitrogens with zero attached hydrogens (tertiary/aromatic N) is 3. The number of thioether (sulfide) groups is 1. The second-order valence-electron chi connectivity index (χ2n) is 4.83. The van der Waals surface area contributed by atoms with Crippen LogP contribution in [0.25, 0.3) is 0 Å². The van der Waals surface area contributed by atoms with Crippen LogP contribution >= 0.6 is 11.8 Å². The van der Waals surface area contributed by atoms with Gasteiger partial charge in [0.1, 0.15) is 0 Å². The SMILES string of the molecule is C#C/C(=C/N=C(C)F)C[C@H](SC(N)=NC)C(=O)N1CCCC1. The molecule has 0 aromatic heterocycles. The van der Waals surface area contributed by atoms with Crippen LogP contribution < -0.4 is 5.73 Å². The topological polar surface area (TPSA) is 71.0 Å². The summed E-state index contributed by atoms with van der Waals surface area (Å²) in [5.74, 6) is 1.84. The number of terminal acetylenes is 1. The third-order valence-electron chi connectivity index (χ3n) is 3.17. The van der Waals surface area contributed by atoms with E-state index < -0.39 is 11.2 Å². The highest BCUT2D eigenvalue weighted by molar-refractivity contribution is 8.14. The van der Waals surface area contributed by atoms with Gasteiger partial charge in [0, 0.05) is 45.3 Å². The lowest BCUT2D eigenvalue weighted by Crippen LogP contribution is -2.37. The predicted molar refractivity (Wildman–Crippen MR) is 90.5 cm³/mol. The molecule has 1 rings (SSSR count). The molecular weight excluding hydrogens is 303 g/mol. The van der Waals surface area contributed by atoms with Crippen molar-refractivity contribution >= 4 is 28.8 Å². The summed E-state index contributed by atoms with van der Waals surface area (Å²) in [4.78, 5) is 21.8. The van der Waals surface area contributed by atoms with E-state index in [0.717, 1.165) is 25.9 Å². The maximum absolute atomic E-state index is 12.7. The predicted octanol–water partition coefficient (Wildman–Crippen LogP) is 1.95. The molecule has 0 aromatic carbocycles. The Balaban J connectivity index is 2.89. The van der Waals surface area contributed by atoms with Crippen LogP contribution in [0.15, 0.2) is 21.8 Å². The molecule has 0 radical (unpaired) electrons. The summed E-state index contributed by atoms with van der Waals surface area (Å²) in [6, 6.07) is 0. The summed E-state index contributed by atoms with van der Waals surface area (Å²) in [6.07, 6.45) is 8.97. The van der Waals surface area contributed by atoms with E-state index in [1.54, 1.807) is 11.9 Å². The lowest BCUT2D eigenvalue weighted by Gasteiger charge is -2.22. The Morgan fingerprint density at radius 2 is 2.18 bits per heavy atom. The highest BCUT2D eigenvalue weighted by Gasteiger charge is 2.28. The molecule has 0 bridgehead atoms. The zero-order valence-electron chi connectivity index (χ0n) is 12.9. The number of halogens is 1. The molecule has 1 aliphatic heterocycles.